The Morgan fingerprint density at radius 1 is 1.38 bits per heavy atom. The molecule has 0 bridgehead atoms. The minimum Gasteiger partial charge on any atom is -0.362 e. The monoisotopic (exact) mass is 291 g/mol. The second-order valence-electron chi connectivity index (χ2n) is 4.34. The Kier molecular flexibility index (Phi) is 5.02. The molecule has 21 heavy (non-hydrogen) atoms. The maximum Gasteiger partial charge on any atom is 0.329 e. The van der Waals surface area contributed by atoms with Crippen molar-refractivity contribution in [3.8, 4) is 0 Å². The number of anilines is 2. The van der Waals surface area contributed by atoms with Crippen LogP contribution in [0.1, 0.15) is 13.3 Å². The van der Waals surface area contributed by atoms with Crippen LogP contribution in [-0.2, 0) is 6.54 Å². The molecule has 0 radical (unpaired) electrons. The van der Waals surface area contributed by atoms with Gasteiger partial charge in [0.2, 0.25) is 11.8 Å². The third-order valence-corrected chi connectivity index (χ3v) is 2.72. The molecule has 2 aromatic heterocycles. The molecule has 0 unspecified atom stereocenters. The van der Waals surface area contributed by atoms with Crippen LogP contribution in [0.2, 0.25) is 0 Å². The Morgan fingerprint density at radius 2 is 2.24 bits per heavy atom. The molecule has 0 amide bonds. The molecule has 0 aromatic carbocycles. The molecule has 0 spiro atoms. The maximum atomic E-state index is 11.0. The van der Waals surface area contributed by atoms with E-state index in [1.54, 1.807) is 12.5 Å². The molecule has 2 N–H and O–H groups in total. The van der Waals surface area contributed by atoms with E-state index in [-0.39, 0.29) is 11.5 Å². The average molecular weight is 291 g/mol. The van der Waals surface area contributed by atoms with Gasteiger partial charge in [0.25, 0.3) is 0 Å². The van der Waals surface area contributed by atoms with E-state index >= 15 is 0 Å². The van der Waals surface area contributed by atoms with E-state index < -0.39 is 4.92 Å². The summed E-state index contributed by atoms with van der Waals surface area (Å²) in [5.74, 6) is 0.598. The molecule has 2 rings (SSSR count). The van der Waals surface area contributed by atoms with Crippen LogP contribution < -0.4 is 10.6 Å². The molecule has 0 saturated heterocycles. The first-order valence-corrected chi connectivity index (χ1v) is 6.65. The van der Waals surface area contributed by atoms with Crippen LogP contribution in [0.5, 0.6) is 0 Å². The summed E-state index contributed by atoms with van der Waals surface area (Å²) in [5, 5.41) is 17.0. The normalized spacial score (nSPS) is 10.3. The summed E-state index contributed by atoms with van der Waals surface area (Å²) < 4.78 is 1.87. The summed E-state index contributed by atoms with van der Waals surface area (Å²) in [4.78, 5) is 22.5. The van der Waals surface area contributed by atoms with Gasteiger partial charge in [0, 0.05) is 32.0 Å². The van der Waals surface area contributed by atoms with E-state index in [0.29, 0.717) is 25.6 Å². The van der Waals surface area contributed by atoms with Gasteiger partial charge in [-0.1, -0.05) is 6.92 Å². The van der Waals surface area contributed by atoms with E-state index in [2.05, 4.69) is 25.6 Å². The number of hydrogen-bond donors (Lipinski definition) is 2. The Labute approximate surface area is 121 Å². The highest BCUT2D eigenvalue weighted by Crippen LogP contribution is 2.21. The molecule has 0 aliphatic heterocycles. The highest BCUT2D eigenvalue weighted by atomic mass is 16.6. The highest BCUT2D eigenvalue weighted by Gasteiger charge is 2.16. The van der Waals surface area contributed by atoms with Gasteiger partial charge < -0.3 is 15.2 Å². The molecule has 0 fully saturated rings. The molecule has 0 aliphatic carbocycles. The van der Waals surface area contributed by atoms with Crippen molar-refractivity contribution in [2.24, 2.45) is 0 Å². The number of nitrogens with one attached hydrogen (secondary N) is 2. The van der Waals surface area contributed by atoms with Crippen molar-refractivity contribution in [2.75, 3.05) is 23.7 Å². The first-order chi connectivity index (χ1) is 10.2. The number of aromatic nitrogens is 4. The van der Waals surface area contributed by atoms with Gasteiger partial charge in [-0.2, -0.15) is 4.98 Å². The second kappa shape index (κ2) is 7.17. The van der Waals surface area contributed by atoms with Crippen molar-refractivity contribution in [3.63, 3.8) is 0 Å². The molecule has 9 heteroatoms. The molecular formula is C12H17N7O2. The van der Waals surface area contributed by atoms with Crippen molar-refractivity contribution in [2.45, 2.75) is 19.9 Å². The number of hydrogen-bond acceptors (Lipinski definition) is 7. The summed E-state index contributed by atoms with van der Waals surface area (Å²) in [6.07, 6.45) is 7.32. The molecule has 2 heterocycles. The summed E-state index contributed by atoms with van der Waals surface area (Å²) in [6.45, 7) is 3.87. The van der Waals surface area contributed by atoms with Gasteiger partial charge >= 0.3 is 5.69 Å². The first kappa shape index (κ1) is 14.7. The Morgan fingerprint density at radius 3 is 2.90 bits per heavy atom. The third kappa shape index (κ3) is 4.13. The van der Waals surface area contributed by atoms with Gasteiger partial charge in [-0.05, 0) is 6.42 Å². The fraction of sp³-hybridized carbons (Fsp3) is 0.417. The predicted octanol–water partition coefficient (Wildman–Crippen LogP) is 1.52. The van der Waals surface area contributed by atoms with Crippen LogP contribution in [0.4, 0.5) is 17.5 Å². The molecule has 0 saturated carbocycles. The van der Waals surface area contributed by atoms with Crippen molar-refractivity contribution in [1.82, 2.24) is 19.5 Å². The van der Waals surface area contributed by atoms with Crippen LogP contribution in [0.15, 0.2) is 24.9 Å². The fourth-order valence-electron chi connectivity index (χ4n) is 1.68. The van der Waals surface area contributed by atoms with Gasteiger partial charge in [-0.3, -0.25) is 10.1 Å². The topological polar surface area (TPSA) is 111 Å². The Balaban J connectivity index is 2.04. The van der Waals surface area contributed by atoms with Gasteiger partial charge in [-0.15, -0.1) is 0 Å². The number of nitro groups is 1. The lowest BCUT2D eigenvalue weighted by Crippen LogP contribution is -2.13. The minimum atomic E-state index is -0.497. The SMILES string of the molecule is CCCNc1ncc([N+](=O)[O-])c(NCCn2ccnc2)n1. The van der Waals surface area contributed by atoms with Crippen LogP contribution >= 0.6 is 0 Å². The summed E-state index contributed by atoms with van der Waals surface area (Å²) >= 11 is 0. The van der Waals surface area contributed by atoms with E-state index in [4.69, 9.17) is 0 Å². The van der Waals surface area contributed by atoms with Crippen molar-refractivity contribution in [3.05, 3.63) is 35.0 Å². The van der Waals surface area contributed by atoms with Gasteiger partial charge in [0.1, 0.15) is 6.20 Å². The lowest BCUT2D eigenvalue weighted by atomic mass is 10.4. The van der Waals surface area contributed by atoms with Gasteiger partial charge in [0.05, 0.1) is 11.3 Å². The van der Waals surface area contributed by atoms with E-state index in [1.807, 2.05) is 17.7 Å². The molecule has 0 aliphatic rings. The molecular weight excluding hydrogens is 274 g/mol. The zero-order chi connectivity index (χ0) is 15.1. The van der Waals surface area contributed by atoms with Crippen molar-refractivity contribution >= 4 is 17.5 Å². The maximum absolute atomic E-state index is 11.0. The molecule has 0 atom stereocenters. The predicted molar refractivity (Wildman–Crippen MR) is 78.2 cm³/mol. The number of nitrogens with zero attached hydrogens (tertiary/aromatic N) is 5. The zero-order valence-corrected chi connectivity index (χ0v) is 11.7. The third-order valence-electron chi connectivity index (χ3n) is 2.72. The van der Waals surface area contributed by atoms with E-state index in [0.717, 1.165) is 6.42 Å². The quantitative estimate of drug-likeness (QED) is 0.560. The smallest absolute Gasteiger partial charge is 0.329 e. The Hall–Kier alpha value is -2.71. The van der Waals surface area contributed by atoms with Crippen molar-refractivity contribution < 1.29 is 4.92 Å². The summed E-state index contributed by atoms with van der Waals surface area (Å²) in [5.41, 5.74) is -0.136. The lowest BCUT2D eigenvalue weighted by molar-refractivity contribution is -0.384. The van der Waals surface area contributed by atoms with Gasteiger partial charge in [0.15, 0.2) is 0 Å². The summed E-state index contributed by atoms with van der Waals surface area (Å²) in [6, 6.07) is 0. The van der Waals surface area contributed by atoms with Crippen LogP contribution in [0.25, 0.3) is 0 Å². The largest absolute Gasteiger partial charge is 0.362 e. The standard InChI is InChI=1S/C12H17N7O2/c1-2-3-15-12-16-8-10(19(20)21)11(17-12)14-5-7-18-6-4-13-9-18/h4,6,8-9H,2-3,5,7H2,1H3,(H2,14,15,16,17). The summed E-state index contributed by atoms with van der Waals surface area (Å²) in [7, 11) is 0. The number of imidazole rings is 1. The van der Waals surface area contributed by atoms with Crippen LogP contribution in [0, 0.1) is 10.1 Å². The van der Waals surface area contributed by atoms with Crippen LogP contribution in [0.3, 0.4) is 0 Å². The first-order valence-electron chi connectivity index (χ1n) is 6.65. The average Bonchev–Trinajstić information content (AvgIpc) is 2.98. The molecule has 112 valence electrons. The molecule has 9 nitrogen and oxygen atoms in total. The highest BCUT2D eigenvalue weighted by molar-refractivity contribution is 5.56. The van der Waals surface area contributed by atoms with E-state index in [1.165, 1.54) is 6.20 Å². The van der Waals surface area contributed by atoms with Crippen molar-refractivity contribution in [1.29, 1.82) is 0 Å². The lowest BCUT2D eigenvalue weighted by Gasteiger charge is -2.08. The number of rotatable bonds is 8. The van der Waals surface area contributed by atoms with E-state index in [9.17, 15) is 10.1 Å². The second-order valence-corrected chi connectivity index (χ2v) is 4.34. The molecule has 2 aromatic rings. The zero-order valence-electron chi connectivity index (χ0n) is 11.7. The van der Waals surface area contributed by atoms with Crippen LogP contribution in [-0.4, -0.2) is 37.5 Å². The minimum absolute atomic E-state index is 0.136. The fourth-order valence-corrected chi connectivity index (χ4v) is 1.68. The Bertz CT molecular complexity index is 585. The van der Waals surface area contributed by atoms with Gasteiger partial charge in [-0.25, -0.2) is 9.97 Å².